The first-order valence-corrected chi connectivity index (χ1v) is 14.5. The number of anilines is 1. The van der Waals surface area contributed by atoms with E-state index >= 15 is 0 Å². The van der Waals surface area contributed by atoms with Crippen LogP contribution in [0, 0.1) is 0 Å². The van der Waals surface area contributed by atoms with Crippen LogP contribution in [0.5, 0.6) is 0 Å². The highest BCUT2D eigenvalue weighted by molar-refractivity contribution is 7.91. The fourth-order valence-corrected chi connectivity index (χ4v) is 7.95. The average Bonchev–Trinajstić information content (AvgIpc) is 3.30. The Balaban J connectivity index is 1.71. The number of thiophene rings is 1. The summed E-state index contributed by atoms with van der Waals surface area (Å²) in [5.74, 6) is -1.17. The minimum Gasteiger partial charge on any atom is -0.274 e. The number of rotatable bonds is 6. The summed E-state index contributed by atoms with van der Waals surface area (Å²) in [7, 11) is -7.92. The van der Waals surface area contributed by atoms with Gasteiger partial charge in [-0.1, -0.05) is 31.7 Å². The Labute approximate surface area is 197 Å². The minimum atomic E-state index is -3.99. The SMILES string of the molecule is NS(=O)(=O)c1ccc(N2C(=O)CC(N(C3CCCCCC3)S(=O)(=O)c3cccs3)C2=O)cc1. The first-order valence-electron chi connectivity index (χ1n) is 10.7. The van der Waals surface area contributed by atoms with E-state index in [2.05, 4.69) is 0 Å². The largest absolute Gasteiger partial charge is 0.274 e. The third kappa shape index (κ3) is 4.76. The van der Waals surface area contributed by atoms with Crippen molar-refractivity contribution in [2.45, 2.75) is 66.1 Å². The molecule has 1 saturated heterocycles. The lowest BCUT2D eigenvalue weighted by Crippen LogP contribution is -2.50. The molecule has 1 saturated carbocycles. The van der Waals surface area contributed by atoms with Crippen molar-refractivity contribution in [1.29, 1.82) is 0 Å². The Hall–Kier alpha value is -2.12. The molecule has 2 fully saturated rings. The van der Waals surface area contributed by atoms with Crippen molar-refractivity contribution in [3.63, 3.8) is 0 Å². The van der Waals surface area contributed by atoms with Crippen LogP contribution in [0.15, 0.2) is 50.9 Å². The number of carbonyl (C=O) groups is 2. The molecule has 4 rings (SSSR count). The van der Waals surface area contributed by atoms with Gasteiger partial charge < -0.3 is 0 Å². The molecule has 2 heterocycles. The Morgan fingerprint density at radius 1 is 0.939 bits per heavy atom. The highest BCUT2D eigenvalue weighted by Gasteiger charge is 2.49. The van der Waals surface area contributed by atoms with Gasteiger partial charge in [0.1, 0.15) is 10.3 Å². The molecule has 12 heteroatoms. The maximum Gasteiger partial charge on any atom is 0.253 e. The van der Waals surface area contributed by atoms with E-state index < -0.39 is 37.9 Å². The summed E-state index contributed by atoms with van der Waals surface area (Å²) in [5, 5.41) is 6.78. The first-order chi connectivity index (χ1) is 15.6. The number of hydrogen-bond donors (Lipinski definition) is 1. The first kappa shape index (κ1) is 24.0. The van der Waals surface area contributed by atoms with Crippen molar-refractivity contribution in [1.82, 2.24) is 4.31 Å². The number of nitrogens with two attached hydrogens (primary N) is 1. The second-order valence-corrected chi connectivity index (χ2v) is 12.8. The molecule has 1 aromatic carbocycles. The third-order valence-corrected chi connectivity index (χ3v) is 10.3. The number of benzene rings is 1. The Morgan fingerprint density at radius 2 is 1.58 bits per heavy atom. The van der Waals surface area contributed by atoms with Crippen LogP contribution in [0.3, 0.4) is 0 Å². The van der Waals surface area contributed by atoms with Gasteiger partial charge in [0.15, 0.2) is 0 Å². The molecule has 33 heavy (non-hydrogen) atoms. The van der Waals surface area contributed by atoms with Crippen LogP contribution in [0.25, 0.3) is 0 Å². The van der Waals surface area contributed by atoms with Gasteiger partial charge >= 0.3 is 0 Å². The molecular weight excluding hydrogens is 486 g/mol. The van der Waals surface area contributed by atoms with Gasteiger partial charge in [-0.25, -0.2) is 26.9 Å². The predicted octanol–water partition coefficient (Wildman–Crippen LogP) is 2.44. The maximum atomic E-state index is 13.6. The lowest BCUT2D eigenvalue weighted by molar-refractivity contribution is -0.122. The van der Waals surface area contributed by atoms with Gasteiger partial charge in [0.2, 0.25) is 15.9 Å². The van der Waals surface area contributed by atoms with Gasteiger partial charge in [0, 0.05) is 6.04 Å². The number of imide groups is 1. The maximum absolute atomic E-state index is 13.6. The molecule has 2 N–H and O–H groups in total. The monoisotopic (exact) mass is 511 g/mol. The lowest BCUT2D eigenvalue weighted by Gasteiger charge is -2.33. The molecule has 0 bridgehead atoms. The van der Waals surface area contributed by atoms with Gasteiger partial charge in [0.05, 0.1) is 17.0 Å². The van der Waals surface area contributed by atoms with Gasteiger partial charge in [-0.05, 0) is 48.6 Å². The molecule has 1 aliphatic heterocycles. The normalized spacial score (nSPS) is 21.0. The summed E-state index contributed by atoms with van der Waals surface area (Å²) >= 11 is 1.08. The van der Waals surface area contributed by atoms with Crippen LogP contribution in [0.1, 0.15) is 44.9 Å². The van der Waals surface area contributed by atoms with Crippen molar-refractivity contribution in [2.75, 3.05) is 4.90 Å². The zero-order valence-electron chi connectivity index (χ0n) is 17.8. The van der Waals surface area contributed by atoms with Crippen molar-refractivity contribution >= 4 is 48.9 Å². The summed E-state index contributed by atoms with van der Waals surface area (Å²) in [6, 6.07) is 6.70. The van der Waals surface area contributed by atoms with Crippen molar-refractivity contribution in [3.8, 4) is 0 Å². The third-order valence-electron chi connectivity index (χ3n) is 6.06. The smallest absolute Gasteiger partial charge is 0.253 e. The molecule has 9 nitrogen and oxygen atoms in total. The number of nitrogens with zero attached hydrogens (tertiary/aromatic N) is 2. The minimum absolute atomic E-state index is 0.142. The molecule has 2 aliphatic rings. The molecule has 1 aromatic heterocycles. The summed E-state index contributed by atoms with van der Waals surface area (Å²) in [6.45, 7) is 0. The summed E-state index contributed by atoms with van der Waals surface area (Å²) in [4.78, 5) is 27.1. The predicted molar refractivity (Wildman–Crippen MR) is 124 cm³/mol. The molecule has 2 aromatic rings. The molecule has 1 atom stereocenters. The van der Waals surface area contributed by atoms with E-state index in [9.17, 15) is 26.4 Å². The van der Waals surface area contributed by atoms with Gasteiger partial charge in [0.25, 0.3) is 15.9 Å². The average molecular weight is 512 g/mol. The molecule has 1 aliphatic carbocycles. The van der Waals surface area contributed by atoms with Crippen LogP contribution in [-0.2, 0) is 29.6 Å². The lowest BCUT2D eigenvalue weighted by atomic mass is 10.1. The van der Waals surface area contributed by atoms with Crippen LogP contribution in [0.4, 0.5) is 5.69 Å². The Bertz CT molecular complexity index is 1230. The van der Waals surface area contributed by atoms with Crippen LogP contribution >= 0.6 is 11.3 Å². The van der Waals surface area contributed by atoms with E-state index in [-0.39, 0.29) is 27.3 Å². The van der Waals surface area contributed by atoms with Gasteiger partial charge in [-0.3, -0.25) is 9.59 Å². The summed E-state index contributed by atoms with van der Waals surface area (Å²) in [5.41, 5.74) is 0.175. The quantitative estimate of drug-likeness (QED) is 0.467. The molecule has 0 spiro atoms. The second kappa shape index (κ2) is 9.26. The zero-order valence-corrected chi connectivity index (χ0v) is 20.2. The van der Waals surface area contributed by atoms with E-state index in [0.29, 0.717) is 12.8 Å². The number of sulfonamides is 2. The van der Waals surface area contributed by atoms with E-state index in [1.807, 2.05) is 0 Å². The highest BCUT2D eigenvalue weighted by atomic mass is 32.2. The number of primary sulfonamides is 1. The molecule has 178 valence electrons. The van der Waals surface area contributed by atoms with Crippen LogP contribution in [0.2, 0.25) is 0 Å². The summed E-state index contributed by atoms with van der Waals surface area (Å²) < 4.78 is 51.7. The van der Waals surface area contributed by atoms with E-state index in [4.69, 9.17) is 5.14 Å². The fourth-order valence-electron chi connectivity index (χ4n) is 4.52. The molecule has 1 unspecified atom stereocenters. The van der Waals surface area contributed by atoms with Crippen molar-refractivity contribution in [2.24, 2.45) is 5.14 Å². The number of carbonyl (C=O) groups excluding carboxylic acids is 2. The van der Waals surface area contributed by atoms with Crippen LogP contribution < -0.4 is 10.0 Å². The van der Waals surface area contributed by atoms with E-state index in [1.54, 1.807) is 11.4 Å². The van der Waals surface area contributed by atoms with Gasteiger partial charge in [-0.2, -0.15) is 4.31 Å². The van der Waals surface area contributed by atoms with E-state index in [1.165, 1.54) is 34.6 Å². The Morgan fingerprint density at radius 3 is 2.12 bits per heavy atom. The standard InChI is InChI=1S/C21H25N3O6S3/c22-32(27,28)17-11-9-15(10-12-17)23-19(25)14-18(21(23)26)24(16-6-3-1-2-4-7-16)33(29,30)20-8-5-13-31-20/h5,8-13,16,18H,1-4,6-7,14H2,(H2,22,27,28). The Kier molecular flexibility index (Phi) is 6.74. The molecule has 2 amide bonds. The van der Waals surface area contributed by atoms with E-state index in [0.717, 1.165) is 41.9 Å². The van der Waals surface area contributed by atoms with Gasteiger partial charge in [-0.15, -0.1) is 11.3 Å². The fraction of sp³-hybridized carbons (Fsp3) is 0.429. The van der Waals surface area contributed by atoms with Crippen molar-refractivity contribution < 1.29 is 26.4 Å². The number of amides is 2. The molecular formula is C21H25N3O6S3. The summed E-state index contributed by atoms with van der Waals surface area (Å²) in [6.07, 6.45) is 4.71. The topological polar surface area (TPSA) is 135 Å². The number of hydrogen-bond acceptors (Lipinski definition) is 7. The zero-order chi connectivity index (χ0) is 23.8. The van der Waals surface area contributed by atoms with Crippen LogP contribution in [-0.4, -0.2) is 45.0 Å². The van der Waals surface area contributed by atoms with Crippen molar-refractivity contribution in [3.05, 3.63) is 41.8 Å². The molecule has 0 radical (unpaired) electrons. The highest BCUT2D eigenvalue weighted by Crippen LogP contribution is 2.35. The second-order valence-electron chi connectivity index (χ2n) is 8.24.